The number of aryl methyl sites for hydroxylation is 1. The maximum Gasteiger partial charge on any atom is 0.251 e. The Kier molecular flexibility index (Phi) is 4.51. The Hall–Kier alpha value is -2.16. The second-order valence-electron chi connectivity index (χ2n) is 5.16. The van der Waals surface area contributed by atoms with Gasteiger partial charge < -0.3 is 5.32 Å². The summed E-state index contributed by atoms with van der Waals surface area (Å²) in [5.74, 6) is 0.150. The number of benzene rings is 1. The van der Waals surface area contributed by atoms with Crippen molar-refractivity contribution >= 4 is 11.6 Å². The van der Waals surface area contributed by atoms with Crippen LogP contribution in [0.15, 0.2) is 53.2 Å². The molecule has 0 saturated carbocycles. The van der Waals surface area contributed by atoms with Gasteiger partial charge in [-0.05, 0) is 39.0 Å². The van der Waals surface area contributed by atoms with Crippen LogP contribution < -0.4 is 5.32 Å². The molecule has 1 aromatic rings. The van der Waals surface area contributed by atoms with Crippen molar-refractivity contribution in [1.82, 2.24) is 5.32 Å². The van der Waals surface area contributed by atoms with Crippen molar-refractivity contribution in [1.29, 1.82) is 0 Å². The Bertz CT molecular complexity index is 580. The van der Waals surface area contributed by atoms with Crippen LogP contribution in [0.25, 0.3) is 0 Å². The molecule has 0 aromatic heterocycles. The fourth-order valence-electron chi connectivity index (χ4n) is 2.13. The molecule has 104 valence electrons. The Morgan fingerprint density at radius 2 is 1.90 bits per heavy atom. The van der Waals surface area contributed by atoms with E-state index < -0.39 is 0 Å². The first-order valence-corrected chi connectivity index (χ1v) is 6.81. The van der Waals surface area contributed by atoms with E-state index in [1.54, 1.807) is 0 Å². The van der Waals surface area contributed by atoms with Crippen LogP contribution in [0.4, 0.5) is 0 Å². The van der Waals surface area contributed by atoms with Gasteiger partial charge in [-0.3, -0.25) is 9.79 Å². The van der Waals surface area contributed by atoms with Crippen molar-refractivity contribution in [3.05, 3.63) is 59.3 Å². The zero-order valence-electron chi connectivity index (χ0n) is 12.2. The Morgan fingerprint density at radius 1 is 1.20 bits per heavy atom. The van der Waals surface area contributed by atoms with Gasteiger partial charge in [-0.25, -0.2) is 0 Å². The summed E-state index contributed by atoms with van der Waals surface area (Å²) >= 11 is 0. The highest BCUT2D eigenvalue weighted by atomic mass is 16.1. The maximum atomic E-state index is 12.0. The lowest BCUT2D eigenvalue weighted by molar-refractivity contribution is 0.0951. The molecule has 2 rings (SSSR count). The van der Waals surface area contributed by atoms with Gasteiger partial charge in [0.1, 0.15) is 0 Å². The number of hydrogen-bond donors (Lipinski definition) is 1. The summed E-state index contributed by atoms with van der Waals surface area (Å²) in [6.45, 7) is 6.55. The minimum atomic E-state index is -0.0358. The number of carbonyl (C=O) groups is 1. The van der Waals surface area contributed by atoms with Crippen LogP contribution in [0.3, 0.4) is 0 Å². The van der Waals surface area contributed by atoms with E-state index in [2.05, 4.69) is 22.5 Å². The molecule has 20 heavy (non-hydrogen) atoms. The lowest BCUT2D eigenvalue weighted by atomic mass is 10.1. The van der Waals surface area contributed by atoms with Gasteiger partial charge >= 0.3 is 0 Å². The van der Waals surface area contributed by atoms with Crippen LogP contribution in [-0.4, -0.2) is 18.2 Å². The smallest absolute Gasteiger partial charge is 0.251 e. The predicted octanol–water partition coefficient (Wildman–Crippen LogP) is 3.28. The van der Waals surface area contributed by atoms with Crippen molar-refractivity contribution in [3.8, 4) is 0 Å². The van der Waals surface area contributed by atoms with Crippen molar-refractivity contribution < 1.29 is 4.79 Å². The van der Waals surface area contributed by atoms with Gasteiger partial charge in [-0.1, -0.05) is 29.8 Å². The van der Waals surface area contributed by atoms with Gasteiger partial charge in [0.15, 0.2) is 0 Å². The highest BCUT2D eigenvalue weighted by molar-refractivity contribution is 5.94. The number of hydrogen-bond acceptors (Lipinski definition) is 2. The third-order valence-electron chi connectivity index (χ3n) is 3.20. The topological polar surface area (TPSA) is 41.5 Å². The summed E-state index contributed by atoms with van der Waals surface area (Å²) in [5, 5.41) is 2.97. The van der Waals surface area contributed by atoms with Gasteiger partial charge in [0.25, 0.3) is 5.91 Å². The van der Waals surface area contributed by atoms with Crippen LogP contribution in [-0.2, 0) is 0 Å². The van der Waals surface area contributed by atoms with Gasteiger partial charge in [0.2, 0.25) is 0 Å². The molecule has 1 heterocycles. The largest absolute Gasteiger partial charge is 0.351 e. The molecule has 1 aliphatic heterocycles. The second-order valence-corrected chi connectivity index (χ2v) is 5.16. The van der Waals surface area contributed by atoms with Gasteiger partial charge in [-0.2, -0.15) is 0 Å². The lowest BCUT2D eigenvalue weighted by Crippen LogP contribution is -2.28. The number of carbonyl (C=O) groups excluding carboxylic acids is 1. The molecule has 0 saturated heterocycles. The average Bonchev–Trinajstić information content (AvgIpc) is 2.57. The van der Waals surface area contributed by atoms with E-state index in [1.165, 1.54) is 0 Å². The molecule has 0 radical (unpaired) electrons. The van der Waals surface area contributed by atoms with Crippen LogP contribution in [0.1, 0.15) is 29.8 Å². The summed E-state index contributed by atoms with van der Waals surface area (Å²) in [4.78, 5) is 16.4. The number of nitrogens with zero attached hydrogens (tertiary/aromatic N) is 1. The van der Waals surface area contributed by atoms with Crippen LogP contribution >= 0.6 is 0 Å². The SMILES string of the molecule is CC1=CC(CNC(=O)c2ccc(C)cc2)C=CC(C)=N1. The average molecular weight is 268 g/mol. The van der Waals surface area contributed by atoms with Gasteiger partial charge in [0, 0.05) is 29.4 Å². The van der Waals surface area contributed by atoms with Crippen molar-refractivity contribution in [2.45, 2.75) is 20.8 Å². The number of allylic oxidation sites excluding steroid dienone is 2. The molecule has 1 N–H and O–H groups in total. The molecule has 1 atom stereocenters. The molecule has 1 amide bonds. The summed E-state index contributed by atoms with van der Waals surface area (Å²) < 4.78 is 0. The first-order chi connectivity index (χ1) is 9.54. The molecule has 0 spiro atoms. The third-order valence-corrected chi connectivity index (χ3v) is 3.20. The lowest BCUT2D eigenvalue weighted by Gasteiger charge is -2.10. The zero-order chi connectivity index (χ0) is 14.5. The molecule has 3 nitrogen and oxygen atoms in total. The summed E-state index contributed by atoms with van der Waals surface area (Å²) in [7, 11) is 0. The molecular weight excluding hydrogens is 248 g/mol. The molecule has 1 aliphatic rings. The Labute approximate surface area is 120 Å². The molecule has 0 aliphatic carbocycles. The Morgan fingerprint density at radius 3 is 2.60 bits per heavy atom. The molecule has 0 fully saturated rings. The summed E-state index contributed by atoms with van der Waals surface area (Å²) in [6.07, 6.45) is 6.14. The standard InChI is InChI=1S/C17H20N2O/c1-12-4-8-16(9-5-12)17(20)18-11-15-7-6-13(2)19-14(3)10-15/h4-10,15H,11H2,1-3H3,(H,18,20). The zero-order valence-corrected chi connectivity index (χ0v) is 12.2. The van der Waals surface area contributed by atoms with Crippen molar-refractivity contribution in [2.24, 2.45) is 10.9 Å². The van der Waals surface area contributed by atoms with E-state index in [9.17, 15) is 4.79 Å². The molecule has 1 unspecified atom stereocenters. The number of amides is 1. The molecule has 1 aromatic carbocycles. The molecular formula is C17H20N2O. The van der Waals surface area contributed by atoms with Gasteiger partial charge in [0.05, 0.1) is 0 Å². The number of aliphatic imine (C=N–C) groups is 1. The quantitative estimate of drug-likeness (QED) is 0.898. The Balaban J connectivity index is 1.96. The second kappa shape index (κ2) is 6.33. The van der Waals surface area contributed by atoms with E-state index in [0.29, 0.717) is 12.1 Å². The summed E-state index contributed by atoms with van der Waals surface area (Å²) in [5.41, 5.74) is 3.83. The fraction of sp³-hybridized carbons (Fsp3) is 0.294. The molecule has 3 heteroatoms. The van der Waals surface area contributed by atoms with E-state index in [0.717, 1.165) is 17.0 Å². The van der Waals surface area contributed by atoms with Crippen LogP contribution in [0.2, 0.25) is 0 Å². The monoisotopic (exact) mass is 268 g/mol. The van der Waals surface area contributed by atoms with Crippen LogP contribution in [0, 0.1) is 12.8 Å². The predicted molar refractivity (Wildman–Crippen MR) is 83.0 cm³/mol. The summed E-state index contributed by atoms with van der Waals surface area (Å²) in [6, 6.07) is 7.59. The first-order valence-electron chi connectivity index (χ1n) is 6.81. The minimum Gasteiger partial charge on any atom is -0.351 e. The highest BCUT2D eigenvalue weighted by Gasteiger charge is 2.09. The van der Waals surface area contributed by atoms with E-state index in [-0.39, 0.29) is 11.8 Å². The van der Waals surface area contributed by atoms with Gasteiger partial charge in [-0.15, -0.1) is 0 Å². The maximum absolute atomic E-state index is 12.0. The van der Waals surface area contributed by atoms with E-state index >= 15 is 0 Å². The first kappa shape index (κ1) is 14.3. The van der Waals surface area contributed by atoms with Crippen molar-refractivity contribution in [2.75, 3.05) is 6.54 Å². The molecule has 0 bridgehead atoms. The highest BCUT2D eigenvalue weighted by Crippen LogP contribution is 2.11. The normalized spacial score (nSPS) is 18.1. The van der Waals surface area contributed by atoms with E-state index in [4.69, 9.17) is 0 Å². The van der Waals surface area contributed by atoms with Crippen LogP contribution in [0.5, 0.6) is 0 Å². The third kappa shape index (κ3) is 3.92. The van der Waals surface area contributed by atoms with E-state index in [1.807, 2.05) is 51.1 Å². The fourth-order valence-corrected chi connectivity index (χ4v) is 2.13. The number of nitrogens with one attached hydrogen (secondary N) is 1. The minimum absolute atomic E-state index is 0.0358. The van der Waals surface area contributed by atoms with Crippen molar-refractivity contribution in [3.63, 3.8) is 0 Å². The number of rotatable bonds is 3.